The third-order valence-corrected chi connectivity index (χ3v) is 10.2. The van der Waals surface area contributed by atoms with E-state index in [0.717, 1.165) is 19.6 Å². The minimum absolute atomic E-state index is 0.0345. The molecule has 2 saturated heterocycles. The van der Waals surface area contributed by atoms with Gasteiger partial charge in [0.25, 0.3) is 0 Å². The molecule has 0 saturated carbocycles. The predicted octanol–water partition coefficient (Wildman–Crippen LogP) is 2.11. The summed E-state index contributed by atoms with van der Waals surface area (Å²) in [6, 6.07) is 4.46. The lowest BCUT2D eigenvalue weighted by molar-refractivity contribution is 0.0367. The molecule has 3 rings (SSSR count). The van der Waals surface area contributed by atoms with Crippen molar-refractivity contribution in [1.29, 1.82) is 0 Å². The molecule has 1 aromatic carbocycles. The highest BCUT2D eigenvalue weighted by Crippen LogP contribution is 2.31. The fourth-order valence-electron chi connectivity index (χ4n) is 3.58. The quantitative estimate of drug-likeness (QED) is 0.509. The number of morpholine rings is 1. The lowest BCUT2D eigenvalue weighted by Crippen LogP contribution is -2.43. The van der Waals surface area contributed by atoms with Gasteiger partial charge in [-0.2, -0.15) is 4.31 Å². The molecule has 28 heavy (non-hydrogen) atoms. The van der Waals surface area contributed by atoms with Crippen LogP contribution in [0.25, 0.3) is 0 Å². The molecule has 2 fully saturated rings. The van der Waals surface area contributed by atoms with E-state index in [9.17, 15) is 16.8 Å². The van der Waals surface area contributed by atoms with E-state index in [4.69, 9.17) is 4.74 Å². The Morgan fingerprint density at radius 2 is 1.93 bits per heavy atom. The van der Waals surface area contributed by atoms with Crippen LogP contribution in [-0.2, 0) is 24.6 Å². The van der Waals surface area contributed by atoms with Crippen molar-refractivity contribution in [3.8, 4) is 0 Å². The Morgan fingerprint density at radius 3 is 2.57 bits per heavy atom. The molecule has 0 aliphatic carbocycles. The standard InChI is InChI=1S/C17H24Br2N2O5S2/c18-14-2-3-16(19)17(12-14)28(24,25)21(15-4-11-27(22,23)13-15)6-1-5-20-7-9-26-10-8-20/h2-3,12,15H,1,4-11,13H2/t15-/m1/s1. The van der Waals surface area contributed by atoms with Crippen LogP contribution in [0, 0.1) is 0 Å². The van der Waals surface area contributed by atoms with Gasteiger partial charge in [-0.25, -0.2) is 16.8 Å². The van der Waals surface area contributed by atoms with Crippen molar-refractivity contribution in [2.24, 2.45) is 0 Å². The second-order valence-electron chi connectivity index (χ2n) is 7.05. The Hall–Kier alpha value is -0.0400. The normalized spacial score (nSPS) is 23.3. The zero-order valence-electron chi connectivity index (χ0n) is 15.4. The Morgan fingerprint density at radius 1 is 1.21 bits per heavy atom. The highest BCUT2D eigenvalue weighted by Gasteiger charge is 2.39. The molecule has 0 N–H and O–H groups in total. The monoisotopic (exact) mass is 558 g/mol. The minimum Gasteiger partial charge on any atom is -0.379 e. The van der Waals surface area contributed by atoms with Crippen molar-refractivity contribution in [3.05, 3.63) is 27.1 Å². The highest BCUT2D eigenvalue weighted by atomic mass is 79.9. The maximum Gasteiger partial charge on any atom is 0.244 e. The molecule has 1 aromatic rings. The first-order valence-corrected chi connectivity index (χ1v) is 14.0. The summed E-state index contributed by atoms with van der Waals surface area (Å²) in [4.78, 5) is 2.40. The van der Waals surface area contributed by atoms with Crippen LogP contribution >= 0.6 is 31.9 Å². The van der Waals surface area contributed by atoms with Gasteiger partial charge in [-0.1, -0.05) is 15.9 Å². The Bertz CT molecular complexity index is 902. The smallest absolute Gasteiger partial charge is 0.244 e. The number of sulfone groups is 1. The molecule has 0 amide bonds. The predicted molar refractivity (Wildman–Crippen MR) is 115 cm³/mol. The van der Waals surface area contributed by atoms with Crippen molar-refractivity contribution < 1.29 is 21.6 Å². The number of benzene rings is 1. The molecule has 2 heterocycles. The number of sulfonamides is 1. The van der Waals surface area contributed by atoms with Crippen molar-refractivity contribution in [3.63, 3.8) is 0 Å². The number of halogens is 2. The third kappa shape index (κ3) is 5.55. The molecule has 0 unspecified atom stereocenters. The average molecular weight is 560 g/mol. The maximum absolute atomic E-state index is 13.4. The summed E-state index contributed by atoms with van der Waals surface area (Å²) in [7, 11) is -7.04. The summed E-state index contributed by atoms with van der Waals surface area (Å²) in [5, 5.41) is 0. The number of hydrogen-bond acceptors (Lipinski definition) is 6. The zero-order valence-corrected chi connectivity index (χ0v) is 20.2. The summed E-state index contributed by atoms with van der Waals surface area (Å²) < 4.78 is 58.7. The zero-order chi connectivity index (χ0) is 20.4. The first-order chi connectivity index (χ1) is 13.2. The summed E-state index contributed by atoms with van der Waals surface area (Å²) in [6.07, 6.45) is 0.978. The lowest BCUT2D eigenvalue weighted by atomic mass is 10.2. The molecule has 0 aromatic heterocycles. The van der Waals surface area contributed by atoms with Gasteiger partial charge in [-0.05, 0) is 53.5 Å². The van der Waals surface area contributed by atoms with E-state index in [1.54, 1.807) is 18.2 Å². The van der Waals surface area contributed by atoms with Crippen LogP contribution in [0.2, 0.25) is 0 Å². The van der Waals surface area contributed by atoms with Crippen LogP contribution in [0.4, 0.5) is 0 Å². The molecule has 0 spiro atoms. The van der Waals surface area contributed by atoms with E-state index in [0.29, 0.717) is 41.5 Å². The van der Waals surface area contributed by atoms with Crippen molar-refractivity contribution in [1.82, 2.24) is 9.21 Å². The minimum atomic E-state index is -3.84. The van der Waals surface area contributed by atoms with E-state index in [1.165, 1.54) is 4.31 Å². The number of ether oxygens (including phenoxy) is 1. The first-order valence-electron chi connectivity index (χ1n) is 9.16. The van der Waals surface area contributed by atoms with E-state index < -0.39 is 25.9 Å². The van der Waals surface area contributed by atoms with E-state index in [2.05, 4.69) is 36.8 Å². The molecule has 7 nitrogen and oxygen atoms in total. The summed E-state index contributed by atoms with van der Waals surface area (Å²) >= 11 is 6.66. The largest absolute Gasteiger partial charge is 0.379 e. The third-order valence-electron chi connectivity index (χ3n) is 5.05. The Balaban J connectivity index is 1.81. The molecule has 1 atom stereocenters. The summed E-state index contributed by atoms with van der Waals surface area (Å²) in [5.41, 5.74) is 0. The molecule has 0 radical (unpaired) electrons. The molecule has 2 aliphatic heterocycles. The van der Waals surface area contributed by atoms with Crippen molar-refractivity contribution in [2.45, 2.75) is 23.8 Å². The SMILES string of the molecule is O=S1(=O)CC[C@@H](N(CCCN2CCOCC2)S(=O)(=O)c2cc(Br)ccc2Br)C1. The fourth-order valence-corrected chi connectivity index (χ4v) is 8.56. The van der Waals surface area contributed by atoms with Crippen molar-refractivity contribution in [2.75, 3.05) is 50.9 Å². The Kier molecular flexibility index (Phi) is 7.60. The van der Waals surface area contributed by atoms with Gasteiger partial charge in [0.1, 0.15) is 0 Å². The summed E-state index contributed by atoms with van der Waals surface area (Å²) in [6.45, 7) is 4.10. The van der Waals surface area contributed by atoms with Crippen LogP contribution < -0.4 is 0 Å². The van der Waals surface area contributed by atoms with E-state index in [1.807, 2.05) is 0 Å². The second-order valence-corrected chi connectivity index (χ2v) is 12.9. The van der Waals surface area contributed by atoms with Gasteiger partial charge in [-0.3, -0.25) is 4.90 Å². The van der Waals surface area contributed by atoms with Gasteiger partial charge in [0.05, 0.1) is 29.6 Å². The molecule has 2 aliphatic rings. The van der Waals surface area contributed by atoms with Gasteiger partial charge in [0, 0.05) is 34.6 Å². The van der Waals surface area contributed by atoms with Gasteiger partial charge in [0.2, 0.25) is 10.0 Å². The van der Waals surface area contributed by atoms with Gasteiger partial charge < -0.3 is 4.74 Å². The van der Waals surface area contributed by atoms with Gasteiger partial charge in [0.15, 0.2) is 9.84 Å². The van der Waals surface area contributed by atoms with Crippen LogP contribution in [0.5, 0.6) is 0 Å². The molecular formula is C17H24Br2N2O5S2. The molecule has 158 valence electrons. The topological polar surface area (TPSA) is 84.0 Å². The van der Waals surface area contributed by atoms with Crippen LogP contribution in [-0.4, -0.2) is 83.0 Å². The van der Waals surface area contributed by atoms with Crippen LogP contribution in [0.1, 0.15) is 12.8 Å². The van der Waals surface area contributed by atoms with E-state index >= 15 is 0 Å². The molecular weight excluding hydrogens is 536 g/mol. The highest BCUT2D eigenvalue weighted by molar-refractivity contribution is 9.11. The van der Waals surface area contributed by atoms with Crippen LogP contribution in [0.3, 0.4) is 0 Å². The van der Waals surface area contributed by atoms with Crippen molar-refractivity contribution >= 4 is 51.7 Å². The van der Waals surface area contributed by atoms with Gasteiger partial charge >= 0.3 is 0 Å². The number of nitrogens with zero attached hydrogens (tertiary/aromatic N) is 2. The fraction of sp³-hybridized carbons (Fsp3) is 0.647. The Labute approximate surface area is 183 Å². The van der Waals surface area contributed by atoms with Crippen LogP contribution in [0.15, 0.2) is 32.0 Å². The number of rotatable bonds is 7. The molecule has 0 bridgehead atoms. The van der Waals surface area contributed by atoms with E-state index in [-0.39, 0.29) is 16.4 Å². The summed E-state index contributed by atoms with van der Waals surface area (Å²) in [5.74, 6) is -0.0811. The van der Waals surface area contributed by atoms with Gasteiger partial charge in [-0.15, -0.1) is 0 Å². The number of hydrogen-bond donors (Lipinski definition) is 0. The first kappa shape index (κ1) is 22.6. The average Bonchev–Trinajstić information content (AvgIpc) is 3.00. The molecule has 11 heteroatoms. The maximum atomic E-state index is 13.4. The lowest BCUT2D eigenvalue weighted by Gasteiger charge is -2.30. The second kappa shape index (κ2) is 9.40.